The van der Waals surface area contributed by atoms with E-state index < -0.39 is 5.97 Å². The maximum Gasteiger partial charge on any atom is 0.303 e. The minimum Gasteiger partial charge on any atom is -0.481 e. The average Bonchev–Trinajstić information content (AvgIpc) is 2.57. The van der Waals surface area contributed by atoms with Gasteiger partial charge < -0.3 is 15.3 Å². The number of carboxylic acids is 1. The molecule has 0 amide bonds. The highest BCUT2D eigenvalue weighted by molar-refractivity contribution is 5.66. The average molecular weight is 345 g/mol. The van der Waals surface area contributed by atoms with Gasteiger partial charge in [-0.1, -0.05) is 71.1 Å². The predicted octanol–water partition coefficient (Wildman–Crippen LogP) is 4.77. The van der Waals surface area contributed by atoms with Crippen LogP contribution >= 0.6 is 0 Å². The molecule has 0 aromatic heterocycles. The van der Waals surface area contributed by atoms with Crippen molar-refractivity contribution in [2.24, 2.45) is 11.8 Å². The van der Waals surface area contributed by atoms with Crippen molar-refractivity contribution in [1.29, 1.82) is 0 Å². The monoisotopic (exact) mass is 344 g/mol. The quantitative estimate of drug-likeness (QED) is 0.313. The van der Waals surface area contributed by atoms with Crippen molar-refractivity contribution in [1.82, 2.24) is 0 Å². The van der Waals surface area contributed by atoms with Gasteiger partial charge in [-0.05, 0) is 31.1 Å². The van der Waals surface area contributed by atoms with Gasteiger partial charge in [-0.25, -0.2) is 0 Å². The summed E-state index contributed by atoms with van der Waals surface area (Å²) >= 11 is 0. The Morgan fingerprint density at radius 2 is 1.12 bits per heavy atom. The van der Waals surface area contributed by atoms with Gasteiger partial charge in [0.25, 0.3) is 0 Å². The van der Waals surface area contributed by atoms with Gasteiger partial charge in [0.1, 0.15) is 0 Å². The molecule has 0 saturated carbocycles. The highest BCUT2D eigenvalue weighted by Gasteiger charge is 2.19. The van der Waals surface area contributed by atoms with Gasteiger partial charge in [0, 0.05) is 19.6 Å². The van der Waals surface area contributed by atoms with Crippen LogP contribution < -0.4 is 0 Å². The number of carboxylic acid groups (broad SMARTS) is 1. The highest BCUT2D eigenvalue weighted by atomic mass is 16.4. The molecule has 0 aliphatic carbocycles. The summed E-state index contributed by atoms with van der Waals surface area (Å²) in [5, 5.41) is 27.8. The summed E-state index contributed by atoms with van der Waals surface area (Å²) in [6, 6.07) is 0. The molecule has 0 aromatic rings. The molecular formula is C20H40O4. The lowest BCUT2D eigenvalue weighted by atomic mass is 9.85. The van der Waals surface area contributed by atoms with Crippen molar-refractivity contribution < 1.29 is 20.1 Å². The molecule has 0 spiro atoms. The first-order valence-corrected chi connectivity index (χ1v) is 10.1. The van der Waals surface area contributed by atoms with Crippen LogP contribution in [0.3, 0.4) is 0 Å². The van der Waals surface area contributed by atoms with Crippen molar-refractivity contribution in [2.75, 3.05) is 13.2 Å². The molecule has 0 saturated heterocycles. The molecule has 0 aromatic carbocycles. The molecule has 144 valence electrons. The Bertz CT molecular complexity index is 281. The fourth-order valence-electron chi connectivity index (χ4n) is 3.35. The number of hydrogen-bond donors (Lipinski definition) is 3. The lowest BCUT2D eigenvalue weighted by molar-refractivity contribution is -0.137. The normalized spacial score (nSPS) is 13.8. The number of rotatable bonds is 18. The van der Waals surface area contributed by atoms with Crippen LogP contribution in [0, 0.1) is 11.8 Å². The van der Waals surface area contributed by atoms with Gasteiger partial charge in [0.05, 0.1) is 0 Å². The fourth-order valence-corrected chi connectivity index (χ4v) is 3.35. The van der Waals surface area contributed by atoms with E-state index in [9.17, 15) is 15.0 Å². The molecule has 0 fully saturated rings. The van der Waals surface area contributed by atoms with E-state index in [1.807, 2.05) is 0 Å². The van der Waals surface area contributed by atoms with Gasteiger partial charge in [-0.3, -0.25) is 4.79 Å². The Balaban J connectivity index is 3.75. The Morgan fingerprint density at radius 1 is 0.708 bits per heavy atom. The van der Waals surface area contributed by atoms with Crippen LogP contribution in [0.25, 0.3) is 0 Å². The van der Waals surface area contributed by atoms with Gasteiger partial charge in [-0.2, -0.15) is 0 Å². The predicted molar refractivity (Wildman–Crippen MR) is 99.1 cm³/mol. The molecule has 0 rings (SSSR count). The van der Waals surface area contributed by atoms with Gasteiger partial charge >= 0.3 is 5.97 Å². The van der Waals surface area contributed by atoms with Crippen molar-refractivity contribution in [2.45, 2.75) is 96.8 Å². The highest BCUT2D eigenvalue weighted by Crippen LogP contribution is 2.24. The largest absolute Gasteiger partial charge is 0.481 e. The van der Waals surface area contributed by atoms with Gasteiger partial charge in [0.2, 0.25) is 0 Å². The van der Waals surface area contributed by atoms with E-state index in [4.69, 9.17) is 5.11 Å². The zero-order valence-corrected chi connectivity index (χ0v) is 15.7. The lowest BCUT2D eigenvalue weighted by Crippen LogP contribution is -2.22. The molecule has 0 radical (unpaired) electrons. The molecule has 0 bridgehead atoms. The van der Waals surface area contributed by atoms with Crippen LogP contribution in [0.1, 0.15) is 96.8 Å². The van der Waals surface area contributed by atoms with E-state index in [0.717, 1.165) is 51.4 Å². The second-order valence-corrected chi connectivity index (χ2v) is 7.14. The molecule has 24 heavy (non-hydrogen) atoms. The van der Waals surface area contributed by atoms with E-state index in [1.54, 1.807) is 0 Å². The van der Waals surface area contributed by atoms with E-state index in [2.05, 4.69) is 6.92 Å². The van der Waals surface area contributed by atoms with E-state index in [-0.39, 0.29) is 31.5 Å². The molecule has 0 heterocycles. The van der Waals surface area contributed by atoms with Crippen LogP contribution in [-0.2, 0) is 4.79 Å². The molecule has 2 unspecified atom stereocenters. The number of aliphatic hydroxyl groups is 2. The fraction of sp³-hybridized carbons (Fsp3) is 0.950. The molecule has 2 atom stereocenters. The van der Waals surface area contributed by atoms with E-state index in [0.29, 0.717) is 0 Å². The van der Waals surface area contributed by atoms with Crippen molar-refractivity contribution in [3.8, 4) is 0 Å². The zero-order chi connectivity index (χ0) is 18.0. The zero-order valence-electron chi connectivity index (χ0n) is 15.7. The molecule has 0 aliphatic rings. The summed E-state index contributed by atoms with van der Waals surface area (Å²) in [7, 11) is 0. The molecule has 0 aliphatic heterocycles. The van der Waals surface area contributed by atoms with Gasteiger partial charge in [-0.15, -0.1) is 0 Å². The smallest absolute Gasteiger partial charge is 0.303 e. The molecule has 3 N–H and O–H groups in total. The summed E-state index contributed by atoms with van der Waals surface area (Å²) in [6.07, 6.45) is 14.8. The van der Waals surface area contributed by atoms with Crippen molar-refractivity contribution >= 4 is 5.97 Å². The third-order valence-electron chi connectivity index (χ3n) is 5.03. The maximum absolute atomic E-state index is 10.4. The summed E-state index contributed by atoms with van der Waals surface area (Å²) < 4.78 is 0. The van der Waals surface area contributed by atoms with Crippen LogP contribution in [-0.4, -0.2) is 34.5 Å². The van der Waals surface area contributed by atoms with E-state index >= 15 is 0 Å². The topological polar surface area (TPSA) is 77.8 Å². The Kier molecular flexibility index (Phi) is 16.8. The minimum absolute atomic E-state index is 0.167. The minimum atomic E-state index is -0.712. The third-order valence-corrected chi connectivity index (χ3v) is 5.03. The van der Waals surface area contributed by atoms with E-state index in [1.165, 1.54) is 32.1 Å². The standard InChI is InChI=1S/C20H40O4/c1-2-3-4-5-7-10-13-18(16-21)19(17-22)14-11-8-6-9-12-15-20(23)24/h18-19,21-22H,2-17H2,1H3,(H,23,24). The first-order valence-electron chi connectivity index (χ1n) is 10.1. The number of aliphatic hydroxyl groups excluding tert-OH is 2. The summed E-state index contributed by atoms with van der Waals surface area (Å²) in [6.45, 7) is 2.57. The Hall–Kier alpha value is -0.610. The van der Waals surface area contributed by atoms with Crippen LogP contribution in [0.5, 0.6) is 0 Å². The SMILES string of the molecule is CCCCCCCCC(CO)C(CO)CCCCCCCC(=O)O. The number of unbranched alkanes of at least 4 members (excludes halogenated alkanes) is 9. The van der Waals surface area contributed by atoms with Crippen LogP contribution in [0.15, 0.2) is 0 Å². The molecule has 4 heteroatoms. The third kappa shape index (κ3) is 13.8. The first-order chi connectivity index (χ1) is 11.7. The van der Waals surface area contributed by atoms with Crippen molar-refractivity contribution in [3.05, 3.63) is 0 Å². The Morgan fingerprint density at radius 3 is 1.54 bits per heavy atom. The second-order valence-electron chi connectivity index (χ2n) is 7.14. The van der Waals surface area contributed by atoms with Gasteiger partial charge in [0.15, 0.2) is 0 Å². The Labute approximate surface area is 148 Å². The summed E-state index contributed by atoms with van der Waals surface area (Å²) in [5.41, 5.74) is 0. The molecular weight excluding hydrogens is 304 g/mol. The first kappa shape index (κ1) is 23.4. The molecule has 4 nitrogen and oxygen atoms in total. The summed E-state index contributed by atoms with van der Waals surface area (Å²) in [5.74, 6) is -0.270. The number of carbonyl (C=O) groups is 1. The second kappa shape index (κ2) is 17.2. The maximum atomic E-state index is 10.4. The summed E-state index contributed by atoms with van der Waals surface area (Å²) in [4.78, 5) is 10.4. The van der Waals surface area contributed by atoms with Crippen LogP contribution in [0.4, 0.5) is 0 Å². The lowest BCUT2D eigenvalue weighted by Gasteiger charge is -2.24. The van der Waals surface area contributed by atoms with Crippen molar-refractivity contribution in [3.63, 3.8) is 0 Å². The van der Waals surface area contributed by atoms with Crippen LogP contribution in [0.2, 0.25) is 0 Å². The number of aliphatic carboxylic acids is 1. The number of hydrogen-bond acceptors (Lipinski definition) is 3.